The summed E-state index contributed by atoms with van der Waals surface area (Å²) in [4.78, 5) is 11.6. The molecule has 0 bridgehead atoms. The van der Waals surface area contributed by atoms with E-state index < -0.39 is 17.3 Å². The lowest BCUT2D eigenvalue weighted by atomic mass is 10.3. The summed E-state index contributed by atoms with van der Waals surface area (Å²) in [6, 6.07) is 1.66. The highest BCUT2D eigenvalue weighted by Gasteiger charge is 2.31. The first-order valence-electron chi connectivity index (χ1n) is 5.74. The van der Waals surface area contributed by atoms with Crippen molar-refractivity contribution in [2.75, 3.05) is 11.9 Å². The van der Waals surface area contributed by atoms with Crippen molar-refractivity contribution in [3.05, 3.63) is 39.3 Å². The van der Waals surface area contributed by atoms with Gasteiger partial charge in [-0.1, -0.05) is 11.3 Å². The topological polar surface area (TPSA) is 59.8 Å². The average Bonchev–Trinajstić information content (AvgIpc) is 2.78. The highest BCUT2D eigenvalue weighted by molar-refractivity contribution is 7.15. The van der Waals surface area contributed by atoms with Crippen molar-refractivity contribution in [1.82, 2.24) is 14.8 Å². The fourth-order valence-electron chi connectivity index (χ4n) is 1.51. The van der Waals surface area contributed by atoms with Gasteiger partial charge in [0, 0.05) is 18.8 Å². The van der Waals surface area contributed by atoms with Crippen LogP contribution in [0.15, 0.2) is 23.1 Å². The van der Waals surface area contributed by atoms with E-state index in [4.69, 9.17) is 0 Å². The Hall–Kier alpha value is -1.90. The van der Waals surface area contributed by atoms with Gasteiger partial charge in [0.15, 0.2) is 0 Å². The van der Waals surface area contributed by atoms with Crippen LogP contribution < -0.4 is 10.9 Å². The summed E-state index contributed by atoms with van der Waals surface area (Å²) in [5.74, 6) is 0. The molecule has 0 spiro atoms. The first-order valence-corrected chi connectivity index (χ1v) is 6.55. The summed E-state index contributed by atoms with van der Waals surface area (Å²) in [7, 11) is 0. The maximum Gasteiger partial charge on any atom is 0.417 e. The van der Waals surface area contributed by atoms with Crippen LogP contribution in [0.4, 0.5) is 18.3 Å². The number of alkyl halides is 3. The molecule has 0 aliphatic rings. The van der Waals surface area contributed by atoms with Gasteiger partial charge >= 0.3 is 6.18 Å². The summed E-state index contributed by atoms with van der Waals surface area (Å²) in [6.07, 6.45) is -3.69. The van der Waals surface area contributed by atoms with Crippen molar-refractivity contribution >= 4 is 16.5 Å². The lowest BCUT2D eigenvalue weighted by Crippen LogP contribution is -2.21. The number of rotatable bonds is 4. The van der Waals surface area contributed by atoms with Gasteiger partial charge in [-0.25, -0.2) is 0 Å². The van der Waals surface area contributed by atoms with Crippen molar-refractivity contribution in [1.29, 1.82) is 0 Å². The molecule has 0 saturated carbocycles. The highest BCUT2D eigenvalue weighted by atomic mass is 32.1. The van der Waals surface area contributed by atoms with E-state index in [1.807, 2.05) is 6.92 Å². The number of hydrogen-bond donors (Lipinski definition) is 1. The van der Waals surface area contributed by atoms with E-state index >= 15 is 0 Å². The van der Waals surface area contributed by atoms with Crippen LogP contribution in [0.5, 0.6) is 0 Å². The van der Waals surface area contributed by atoms with Gasteiger partial charge in [0.1, 0.15) is 5.01 Å². The van der Waals surface area contributed by atoms with Crippen LogP contribution in [0.1, 0.15) is 17.5 Å². The summed E-state index contributed by atoms with van der Waals surface area (Å²) in [5.41, 5.74) is -1.38. The number of hydrogen-bond acceptors (Lipinski definition) is 5. The van der Waals surface area contributed by atoms with E-state index in [1.165, 1.54) is 11.3 Å². The fraction of sp³-hybridized carbons (Fsp3) is 0.364. The molecule has 0 aliphatic heterocycles. The van der Waals surface area contributed by atoms with Crippen LogP contribution in [0, 0.1) is 0 Å². The van der Waals surface area contributed by atoms with Gasteiger partial charge in [0.2, 0.25) is 5.13 Å². The molecule has 0 fully saturated rings. The second-order valence-electron chi connectivity index (χ2n) is 3.91. The average molecular weight is 304 g/mol. The predicted octanol–water partition coefficient (Wildman–Crippen LogP) is 2.20. The molecule has 108 valence electrons. The molecular weight excluding hydrogens is 293 g/mol. The number of aromatic nitrogens is 3. The molecule has 0 saturated heterocycles. The van der Waals surface area contributed by atoms with Gasteiger partial charge in [-0.2, -0.15) is 13.2 Å². The van der Waals surface area contributed by atoms with Gasteiger partial charge in [0.05, 0.1) is 12.1 Å². The lowest BCUT2D eigenvalue weighted by Gasteiger charge is -2.09. The Labute approximate surface area is 116 Å². The van der Waals surface area contributed by atoms with E-state index in [0.29, 0.717) is 16.7 Å². The smallest absolute Gasteiger partial charge is 0.360 e. The number of nitrogens with zero attached hydrogens (tertiary/aromatic N) is 3. The minimum atomic E-state index is -4.48. The molecule has 2 aromatic heterocycles. The van der Waals surface area contributed by atoms with E-state index in [2.05, 4.69) is 15.5 Å². The van der Waals surface area contributed by atoms with Gasteiger partial charge in [-0.15, -0.1) is 10.2 Å². The van der Waals surface area contributed by atoms with Crippen molar-refractivity contribution in [3.63, 3.8) is 0 Å². The van der Waals surface area contributed by atoms with E-state index in [9.17, 15) is 18.0 Å². The third-order valence-electron chi connectivity index (χ3n) is 2.41. The molecule has 20 heavy (non-hydrogen) atoms. The summed E-state index contributed by atoms with van der Waals surface area (Å²) in [6.45, 7) is 2.52. The normalized spacial score (nSPS) is 11.6. The Bertz CT molecular complexity index is 650. The van der Waals surface area contributed by atoms with Crippen LogP contribution in [0.25, 0.3) is 0 Å². The first kappa shape index (κ1) is 14.5. The molecule has 0 aromatic carbocycles. The number of anilines is 1. The molecule has 0 aliphatic carbocycles. The zero-order valence-electron chi connectivity index (χ0n) is 10.4. The summed E-state index contributed by atoms with van der Waals surface area (Å²) >= 11 is 1.20. The van der Waals surface area contributed by atoms with Crippen LogP contribution in [0.3, 0.4) is 0 Å². The quantitative estimate of drug-likeness (QED) is 0.940. The molecule has 2 rings (SSSR count). The minimum absolute atomic E-state index is 0.0359. The Balaban J connectivity index is 2.25. The van der Waals surface area contributed by atoms with Gasteiger partial charge in [-0.05, 0) is 13.0 Å². The van der Waals surface area contributed by atoms with Crippen molar-refractivity contribution in [2.45, 2.75) is 19.6 Å². The molecular formula is C11H11F3N4OS. The second kappa shape index (κ2) is 5.61. The fourth-order valence-corrected chi connectivity index (χ4v) is 2.32. The van der Waals surface area contributed by atoms with Gasteiger partial charge in [-0.3, -0.25) is 4.79 Å². The van der Waals surface area contributed by atoms with Gasteiger partial charge < -0.3 is 9.88 Å². The van der Waals surface area contributed by atoms with Crippen molar-refractivity contribution in [2.24, 2.45) is 0 Å². The molecule has 9 heteroatoms. The summed E-state index contributed by atoms with van der Waals surface area (Å²) in [5, 5.41) is 11.6. The number of halogens is 3. The SMILES string of the molecule is CCNc1nnc(Cn2cc(C(F)(F)F)ccc2=O)s1. The molecule has 0 radical (unpaired) electrons. The molecule has 0 unspecified atom stereocenters. The van der Waals surface area contributed by atoms with E-state index in [1.54, 1.807) is 0 Å². The van der Waals surface area contributed by atoms with Crippen LogP contribution in [-0.2, 0) is 12.7 Å². The molecule has 0 atom stereocenters. The van der Waals surface area contributed by atoms with E-state index in [0.717, 1.165) is 22.9 Å². The van der Waals surface area contributed by atoms with Crippen LogP contribution >= 0.6 is 11.3 Å². The Kier molecular flexibility index (Phi) is 4.07. The Morgan fingerprint density at radius 1 is 1.35 bits per heavy atom. The third-order valence-corrected chi connectivity index (χ3v) is 3.28. The first-order chi connectivity index (χ1) is 9.40. The van der Waals surface area contributed by atoms with Crippen LogP contribution in [-0.4, -0.2) is 21.3 Å². The largest absolute Gasteiger partial charge is 0.417 e. The molecule has 2 heterocycles. The number of nitrogens with one attached hydrogen (secondary N) is 1. The predicted molar refractivity (Wildman–Crippen MR) is 68.9 cm³/mol. The standard InChI is InChI=1S/C11H11F3N4OS/c1-2-15-10-17-16-8(20-10)6-18-5-7(11(12,13)14)3-4-9(18)19/h3-5H,2,6H2,1H3,(H,15,17). The van der Waals surface area contributed by atoms with Crippen molar-refractivity contribution < 1.29 is 13.2 Å². The monoisotopic (exact) mass is 304 g/mol. The van der Waals surface area contributed by atoms with E-state index in [-0.39, 0.29) is 6.54 Å². The second-order valence-corrected chi connectivity index (χ2v) is 4.98. The lowest BCUT2D eigenvalue weighted by molar-refractivity contribution is -0.138. The minimum Gasteiger partial charge on any atom is -0.360 e. The molecule has 2 aromatic rings. The highest BCUT2D eigenvalue weighted by Crippen LogP contribution is 2.28. The zero-order chi connectivity index (χ0) is 14.8. The Morgan fingerprint density at radius 2 is 2.10 bits per heavy atom. The number of pyridine rings is 1. The zero-order valence-corrected chi connectivity index (χ0v) is 11.3. The Morgan fingerprint density at radius 3 is 2.75 bits per heavy atom. The molecule has 5 nitrogen and oxygen atoms in total. The van der Waals surface area contributed by atoms with Crippen molar-refractivity contribution in [3.8, 4) is 0 Å². The third kappa shape index (κ3) is 3.35. The molecule has 0 amide bonds. The maximum atomic E-state index is 12.6. The van der Waals surface area contributed by atoms with Crippen LogP contribution in [0.2, 0.25) is 0 Å². The van der Waals surface area contributed by atoms with Gasteiger partial charge in [0.25, 0.3) is 5.56 Å². The molecule has 1 N–H and O–H groups in total. The maximum absolute atomic E-state index is 12.6. The summed E-state index contributed by atoms with van der Waals surface area (Å²) < 4.78 is 38.7.